The minimum Gasteiger partial charge on any atom is -0.478 e. The molecule has 130 valence electrons. The molecule has 2 aromatic rings. The van der Waals surface area contributed by atoms with Gasteiger partial charge in [-0.05, 0) is 5.56 Å². The van der Waals surface area contributed by atoms with Crippen molar-refractivity contribution in [3.8, 4) is 5.88 Å². The molecule has 3 heterocycles. The maximum absolute atomic E-state index is 12.2. The molecule has 0 bridgehead atoms. The zero-order valence-corrected chi connectivity index (χ0v) is 14.1. The van der Waals surface area contributed by atoms with Crippen molar-refractivity contribution in [1.29, 1.82) is 0 Å². The summed E-state index contributed by atoms with van der Waals surface area (Å²) < 4.78 is 10.8. The molecule has 2 aliphatic heterocycles. The maximum atomic E-state index is 12.2. The van der Waals surface area contributed by atoms with Gasteiger partial charge in [0.25, 0.3) is 5.88 Å². The molecule has 0 aliphatic carbocycles. The fourth-order valence-electron chi connectivity index (χ4n) is 3.70. The normalized spacial score (nSPS) is 22.5. The van der Waals surface area contributed by atoms with Crippen LogP contribution in [0.15, 0.2) is 42.7 Å². The number of hydrogen-bond donors (Lipinski definition) is 0. The molecule has 4 rings (SSSR count). The van der Waals surface area contributed by atoms with Crippen molar-refractivity contribution in [2.75, 3.05) is 38.3 Å². The van der Waals surface area contributed by atoms with Crippen LogP contribution in [-0.2, 0) is 11.2 Å². The van der Waals surface area contributed by atoms with Crippen molar-refractivity contribution < 1.29 is 14.3 Å². The van der Waals surface area contributed by atoms with E-state index in [1.165, 1.54) is 5.56 Å². The van der Waals surface area contributed by atoms with Crippen molar-refractivity contribution in [2.45, 2.75) is 12.0 Å². The fourth-order valence-corrected chi connectivity index (χ4v) is 3.70. The van der Waals surface area contributed by atoms with Crippen LogP contribution < -0.4 is 9.64 Å². The molecule has 1 unspecified atom stereocenters. The number of amides is 1. The monoisotopic (exact) mass is 340 g/mol. The molecule has 1 amide bonds. The molecule has 0 spiro atoms. The molecule has 1 aromatic carbocycles. The van der Waals surface area contributed by atoms with E-state index in [-0.39, 0.29) is 6.09 Å². The van der Waals surface area contributed by atoms with E-state index in [2.05, 4.69) is 27.0 Å². The second-order valence-electron chi connectivity index (χ2n) is 6.40. The van der Waals surface area contributed by atoms with Crippen LogP contribution in [0.25, 0.3) is 0 Å². The number of fused-ring (bicyclic) bond motifs is 1. The van der Waals surface area contributed by atoms with Crippen molar-refractivity contribution in [3.05, 3.63) is 48.3 Å². The Bertz CT molecular complexity index is 770. The number of cyclic esters (lactones) is 1. The number of ether oxygens (including phenoxy) is 2. The summed E-state index contributed by atoms with van der Waals surface area (Å²) in [4.78, 5) is 24.9. The summed E-state index contributed by atoms with van der Waals surface area (Å²) in [6.07, 6.45) is 3.77. The van der Waals surface area contributed by atoms with Gasteiger partial charge < -0.3 is 14.4 Å². The highest BCUT2D eigenvalue weighted by atomic mass is 16.6. The second-order valence-corrected chi connectivity index (χ2v) is 6.40. The number of rotatable bonds is 4. The van der Waals surface area contributed by atoms with Crippen LogP contribution in [0.4, 0.5) is 10.6 Å². The Hall–Kier alpha value is -2.83. The van der Waals surface area contributed by atoms with Crippen LogP contribution in [0.3, 0.4) is 0 Å². The third kappa shape index (κ3) is 2.75. The van der Waals surface area contributed by atoms with Crippen LogP contribution in [0.1, 0.15) is 5.56 Å². The van der Waals surface area contributed by atoms with E-state index in [0.29, 0.717) is 37.9 Å². The average Bonchev–Trinajstić information content (AvgIpc) is 2.98. The average molecular weight is 340 g/mol. The number of nitrogens with zero attached hydrogens (tertiary/aromatic N) is 4. The van der Waals surface area contributed by atoms with Crippen molar-refractivity contribution in [2.24, 2.45) is 0 Å². The van der Waals surface area contributed by atoms with Crippen LogP contribution in [-0.4, -0.2) is 59.9 Å². The number of benzene rings is 1. The lowest BCUT2D eigenvalue weighted by Gasteiger charge is -2.45. The van der Waals surface area contributed by atoms with Gasteiger partial charge in [-0.25, -0.2) is 14.8 Å². The molecule has 7 heteroatoms. The zero-order valence-electron chi connectivity index (χ0n) is 14.1. The third-order valence-electron chi connectivity index (χ3n) is 4.85. The maximum Gasteiger partial charge on any atom is 0.410 e. The first-order chi connectivity index (χ1) is 12.2. The molecule has 0 radical (unpaired) electrons. The molecule has 7 nitrogen and oxygen atoms in total. The number of anilines is 1. The first kappa shape index (κ1) is 15.7. The highest BCUT2D eigenvalue weighted by Gasteiger charge is 2.51. The van der Waals surface area contributed by atoms with Gasteiger partial charge in [0.2, 0.25) is 0 Å². The Morgan fingerprint density at radius 3 is 2.80 bits per heavy atom. The van der Waals surface area contributed by atoms with Gasteiger partial charge in [-0.2, -0.15) is 0 Å². The Kier molecular flexibility index (Phi) is 3.91. The lowest BCUT2D eigenvalue weighted by molar-refractivity contribution is 0.139. The number of carbonyl (C=O) groups is 1. The molecule has 0 saturated carbocycles. The molecule has 2 fully saturated rings. The third-order valence-corrected chi connectivity index (χ3v) is 4.85. The van der Waals surface area contributed by atoms with Gasteiger partial charge in [0, 0.05) is 38.4 Å². The first-order valence-corrected chi connectivity index (χ1v) is 8.30. The summed E-state index contributed by atoms with van der Waals surface area (Å²) in [7, 11) is 1.59. The van der Waals surface area contributed by atoms with Gasteiger partial charge in [0.15, 0.2) is 5.82 Å². The SMILES string of the molecule is COc1nccnc1N1CCN2C(=O)OCC2(Cc2ccccc2)C1. The fraction of sp³-hybridized carbons (Fsp3) is 0.389. The number of carbonyl (C=O) groups excluding carboxylic acids is 1. The summed E-state index contributed by atoms with van der Waals surface area (Å²) in [6, 6.07) is 10.2. The first-order valence-electron chi connectivity index (χ1n) is 8.30. The molecular weight excluding hydrogens is 320 g/mol. The van der Waals surface area contributed by atoms with Gasteiger partial charge in [-0.3, -0.25) is 4.90 Å². The second kappa shape index (κ2) is 6.23. The van der Waals surface area contributed by atoms with Crippen LogP contribution in [0.2, 0.25) is 0 Å². The van der Waals surface area contributed by atoms with Crippen LogP contribution >= 0.6 is 0 Å². The van der Waals surface area contributed by atoms with Gasteiger partial charge in [-0.15, -0.1) is 0 Å². The van der Waals surface area contributed by atoms with E-state index in [0.717, 1.165) is 6.42 Å². The van der Waals surface area contributed by atoms with Gasteiger partial charge in [-0.1, -0.05) is 30.3 Å². The molecule has 1 aromatic heterocycles. The highest BCUT2D eigenvalue weighted by Crippen LogP contribution is 2.35. The van der Waals surface area contributed by atoms with E-state index in [1.54, 1.807) is 19.5 Å². The number of methoxy groups -OCH3 is 1. The summed E-state index contributed by atoms with van der Waals surface area (Å²) in [5, 5.41) is 0. The molecular formula is C18H20N4O3. The van der Waals surface area contributed by atoms with E-state index in [9.17, 15) is 4.79 Å². The lowest BCUT2D eigenvalue weighted by atomic mass is 9.88. The van der Waals surface area contributed by atoms with Gasteiger partial charge in [0.1, 0.15) is 12.1 Å². The molecule has 0 N–H and O–H groups in total. The standard InChI is InChI=1S/C18H20N4O3/c1-24-16-15(19-7-8-20-16)21-9-10-22-17(23)25-13-18(22,12-21)11-14-5-3-2-4-6-14/h2-8H,9-13H2,1H3. The molecule has 25 heavy (non-hydrogen) atoms. The van der Waals surface area contributed by atoms with Crippen molar-refractivity contribution in [1.82, 2.24) is 14.9 Å². The predicted molar refractivity (Wildman–Crippen MR) is 91.7 cm³/mol. The highest BCUT2D eigenvalue weighted by molar-refractivity contribution is 5.72. The summed E-state index contributed by atoms with van der Waals surface area (Å²) in [5.41, 5.74) is 0.776. The van der Waals surface area contributed by atoms with E-state index >= 15 is 0 Å². The molecule has 2 saturated heterocycles. The van der Waals surface area contributed by atoms with Crippen LogP contribution in [0.5, 0.6) is 5.88 Å². The smallest absolute Gasteiger partial charge is 0.410 e. The topological polar surface area (TPSA) is 67.8 Å². The largest absolute Gasteiger partial charge is 0.478 e. The summed E-state index contributed by atoms with van der Waals surface area (Å²) >= 11 is 0. The molecule has 2 aliphatic rings. The Morgan fingerprint density at radius 2 is 2.00 bits per heavy atom. The van der Waals surface area contributed by atoms with Gasteiger partial charge >= 0.3 is 6.09 Å². The van der Waals surface area contributed by atoms with Gasteiger partial charge in [0.05, 0.1) is 7.11 Å². The van der Waals surface area contributed by atoms with E-state index in [1.807, 2.05) is 23.1 Å². The number of aromatic nitrogens is 2. The Morgan fingerprint density at radius 1 is 1.20 bits per heavy atom. The molecule has 1 atom stereocenters. The quantitative estimate of drug-likeness (QED) is 0.844. The minimum absolute atomic E-state index is 0.235. The Labute approximate surface area is 146 Å². The minimum atomic E-state index is -0.404. The van der Waals surface area contributed by atoms with Crippen molar-refractivity contribution >= 4 is 11.9 Å². The van der Waals surface area contributed by atoms with Crippen molar-refractivity contribution in [3.63, 3.8) is 0 Å². The van der Waals surface area contributed by atoms with E-state index in [4.69, 9.17) is 9.47 Å². The predicted octanol–water partition coefficient (Wildman–Crippen LogP) is 1.74. The Balaban J connectivity index is 1.66. The lowest BCUT2D eigenvalue weighted by Crippen LogP contribution is -2.62. The number of piperazine rings is 1. The summed E-state index contributed by atoms with van der Waals surface area (Å²) in [6.45, 7) is 2.26. The van der Waals surface area contributed by atoms with E-state index < -0.39 is 5.54 Å². The zero-order chi connectivity index (χ0) is 17.3. The number of hydrogen-bond acceptors (Lipinski definition) is 6. The van der Waals surface area contributed by atoms with Crippen LogP contribution in [0, 0.1) is 0 Å². The summed E-state index contributed by atoms with van der Waals surface area (Å²) in [5.74, 6) is 1.20.